The number of thioether (sulfide) groups is 1. The van der Waals surface area contributed by atoms with Crippen molar-refractivity contribution in [2.45, 2.75) is 87.2 Å². The molecule has 1 saturated heterocycles. The molecular formula is C41H45N3O4S. The molecule has 8 heteroatoms. The summed E-state index contributed by atoms with van der Waals surface area (Å²) < 4.78 is 13.2. The van der Waals surface area contributed by atoms with Crippen LogP contribution in [0.5, 0.6) is 0 Å². The Balaban J connectivity index is 0.951. The summed E-state index contributed by atoms with van der Waals surface area (Å²) in [5.74, 6) is 3.14. The molecular weight excluding hydrogens is 631 g/mol. The lowest BCUT2D eigenvalue weighted by atomic mass is 9.53. The van der Waals surface area contributed by atoms with Gasteiger partial charge in [0.05, 0.1) is 23.8 Å². The zero-order chi connectivity index (χ0) is 33.2. The highest BCUT2D eigenvalue weighted by atomic mass is 32.2. The zero-order valence-corrected chi connectivity index (χ0v) is 28.6. The summed E-state index contributed by atoms with van der Waals surface area (Å²) in [6.07, 6.45) is 9.33. The van der Waals surface area contributed by atoms with Crippen molar-refractivity contribution in [3.8, 4) is 11.1 Å². The molecule has 1 aliphatic heterocycles. The SMILES string of the molecule is O=C(NCc1cccc(-c2cccc(C3OC(CSc4ccccn4)CC(c4ccc(CO)cc4)O3)c2)c1)NC12CC3CC(CC(C3)C1)C2. The van der Waals surface area contributed by atoms with E-state index in [4.69, 9.17) is 9.47 Å². The second kappa shape index (κ2) is 14.3. The normalized spacial score (nSPS) is 28.7. The first kappa shape index (κ1) is 32.5. The number of pyridine rings is 1. The molecule has 3 unspecified atom stereocenters. The Morgan fingerprint density at radius 3 is 2.24 bits per heavy atom. The highest BCUT2D eigenvalue weighted by Gasteiger charge is 2.51. The molecule has 5 aliphatic rings. The molecule has 4 saturated carbocycles. The molecule has 49 heavy (non-hydrogen) atoms. The van der Waals surface area contributed by atoms with Crippen LogP contribution in [0.2, 0.25) is 0 Å². The van der Waals surface area contributed by atoms with Crippen molar-refractivity contribution in [2.75, 3.05) is 5.75 Å². The van der Waals surface area contributed by atoms with Gasteiger partial charge >= 0.3 is 6.03 Å². The number of amides is 2. The molecule has 4 aromatic rings. The molecule has 5 fully saturated rings. The van der Waals surface area contributed by atoms with E-state index >= 15 is 0 Å². The number of nitrogens with zero attached hydrogens (tertiary/aromatic N) is 1. The number of hydrogen-bond donors (Lipinski definition) is 3. The second-order valence-electron chi connectivity index (χ2n) is 14.7. The van der Waals surface area contributed by atoms with Crippen LogP contribution in [0.4, 0.5) is 4.79 Å². The number of carbonyl (C=O) groups is 1. The van der Waals surface area contributed by atoms with Crippen LogP contribution in [0.15, 0.2) is 102 Å². The molecule has 4 bridgehead atoms. The predicted molar refractivity (Wildman–Crippen MR) is 192 cm³/mol. The van der Waals surface area contributed by atoms with Gasteiger partial charge in [-0.3, -0.25) is 0 Å². The van der Waals surface area contributed by atoms with Crippen LogP contribution < -0.4 is 10.6 Å². The largest absolute Gasteiger partial charge is 0.392 e. The minimum Gasteiger partial charge on any atom is -0.392 e. The first-order valence-corrected chi connectivity index (χ1v) is 18.8. The predicted octanol–water partition coefficient (Wildman–Crippen LogP) is 8.35. The molecule has 9 rings (SSSR count). The van der Waals surface area contributed by atoms with E-state index in [-0.39, 0.29) is 30.4 Å². The molecule has 2 heterocycles. The fraction of sp³-hybridized carbons (Fsp3) is 0.415. The van der Waals surface area contributed by atoms with Gasteiger partial charge in [0.15, 0.2) is 6.29 Å². The van der Waals surface area contributed by atoms with E-state index in [0.29, 0.717) is 6.54 Å². The summed E-state index contributed by atoms with van der Waals surface area (Å²) in [6.45, 7) is 0.493. The van der Waals surface area contributed by atoms with Crippen LogP contribution in [0, 0.1) is 17.8 Å². The van der Waals surface area contributed by atoms with Gasteiger partial charge in [0, 0.05) is 36.0 Å². The smallest absolute Gasteiger partial charge is 0.315 e. The monoisotopic (exact) mass is 675 g/mol. The number of rotatable bonds is 10. The standard InChI is InChI=1S/C41H45N3O4S/c45-25-27-10-12-32(13-11-27)37-20-36(26-49-38-9-1-2-14-42-38)47-39(48-37)35-8-4-7-34(19-35)33-6-3-5-28(18-33)24-43-40(46)44-41-21-29-15-30(22-41)17-31(16-29)23-41/h1-14,18-19,29-31,36-37,39,45H,15-17,20-26H2,(H2,43,44,46). The van der Waals surface area contributed by atoms with Crippen molar-refractivity contribution in [1.82, 2.24) is 15.6 Å². The lowest BCUT2D eigenvalue weighted by Gasteiger charge is -2.56. The molecule has 2 amide bonds. The highest BCUT2D eigenvalue weighted by molar-refractivity contribution is 7.99. The molecule has 0 radical (unpaired) electrons. The third kappa shape index (κ3) is 7.58. The van der Waals surface area contributed by atoms with Crippen LogP contribution in [-0.4, -0.2) is 33.5 Å². The van der Waals surface area contributed by atoms with Crippen molar-refractivity contribution in [3.63, 3.8) is 0 Å². The number of aliphatic hydroxyl groups is 1. The number of nitrogens with one attached hydrogen (secondary N) is 2. The van der Waals surface area contributed by atoms with Gasteiger partial charge in [-0.25, -0.2) is 9.78 Å². The van der Waals surface area contributed by atoms with Gasteiger partial charge in [-0.15, -0.1) is 11.8 Å². The number of ether oxygens (including phenoxy) is 2. The molecule has 3 atom stereocenters. The first-order chi connectivity index (χ1) is 24.0. The Morgan fingerprint density at radius 2 is 1.53 bits per heavy atom. The van der Waals surface area contributed by atoms with E-state index in [9.17, 15) is 9.90 Å². The van der Waals surface area contributed by atoms with Crippen LogP contribution in [0.3, 0.4) is 0 Å². The molecule has 0 spiro atoms. The van der Waals surface area contributed by atoms with Gasteiger partial charge < -0.3 is 25.2 Å². The van der Waals surface area contributed by atoms with Crippen molar-refractivity contribution in [2.24, 2.45) is 17.8 Å². The molecule has 1 aromatic heterocycles. The van der Waals surface area contributed by atoms with E-state index < -0.39 is 6.29 Å². The number of benzene rings is 3. The summed E-state index contributed by atoms with van der Waals surface area (Å²) in [5, 5.41) is 17.1. The van der Waals surface area contributed by atoms with E-state index in [1.54, 1.807) is 11.8 Å². The first-order valence-electron chi connectivity index (χ1n) is 17.8. The van der Waals surface area contributed by atoms with Crippen molar-refractivity contribution < 1.29 is 19.4 Å². The maximum Gasteiger partial charge on any atom is 0.315 e. The van der Waals surface area contributed by atoms with Crippen molar-refractivity contribution in [3.05, 3.63) is 119 Å². The summed E-state index contributed by atoms with van der Waals surface area (Å²) in [6, 6.07) is 30.7. The number of urea groups is 1. The van der Waals surface area contributed by atoms with E-state index in [1.807, 2.05) is 48.7 Å². The maximum atomic E-state index is 13.1. The summed E-state index contributed by atoms with van der Waals surface area (Å²) in [7, 11) is 0. The van der Waals surface area contributed by atoms with Gasteiger partial charge in [0.1, 0.15) is 0 Å². The lowest BCUT2D eigenvalue weighted by Crippen LogP contribution is -2.61. The Bertz CT molecular complexity index is 1710. The van der Waals surface area contributed by atoms with Crippen LogP contribution in [0.25, 0.3) is 11.1 Å². The minimum absolute atomic E-state index is 0.00238. The average molecular weight is 676 g/mol. The number of carbonyl (C=O) groups excluding carboxylic acids is 1. The topological polar surface area (TPSA) is 92.7 Å². The summed E-state index contributed by atoms with van der Waals surface area (Å²) in [5.41, 5.74) is 6.12. The Hall–Kier alpha value is -3.69. The average Bonchev–Trinajstić information content (AvgIpc) is 3.13. The molecule has 3 aromatic carbocycles. The third-order valence-electron chi connectivity index (χ3n) is 11.0. The Morgan fingerprint density at radius 1 is 0.796 bits per heavy atom. The quantitative estimate of drug-likeness (QED) is 0.146. The molecule has 3 N–H and O–H groups in total. The van der Waals surface area contributed by atoms with Crippen LogP contribution >= 0.6 is 11.8 Å². The summed E-state index contributed by atoms with van der Waals surface area (Å²) >= 11 is 1.69. The van der Waals surface area contributed by atoms with Gasteiger partial charge in [-0.05, 0) is 108 Å². The van der Waals surface area contributed by atoms with Crippen LogP contribution in [-0.2, 0) is 22.6 Å². The fourth-order valence-electron chi connectivity index (χ4n) is 9.09. The maximum absolute atomic E-state index is 13.1. The number of hydrogen-bond acceptors (Lipinski definition) is 6. The molecule has 7 nitrogen and oxygen atoms in total. The minimum atomic E-state index is -0.538. The molecule has 4 aliphatic carbocycles. The van der Waals surface area contributed by atoms with Gasteiger partial charge in [-0.1, -0.05) is 66.7 Å². The van der Waals surface area contributed by atoms with Gasteiger partial charge in [-0.2, -0.15) is 0 Å². The third-order valence-corrected chi connectivity index (χ3v) is 12.0. The van der Waals surface area contributed by atoms with E-state index in [2.05, 4.69) is 64.1 Å². The number of aromatic nitrogens is 1. The Kier molecular flexibility index (Phi) is 9.47. The van der Waals surface area contributed by atoms with Crippen LogP contribution in [0.1, 0.15) is 79.6 Å². The highest BCUT2D eigenvalue weighted by Crippen LogP contribution is 2.55. The van der Waals surface area contributed by atoms with Crippen molar-refractivity contribution in [1.29, 1.82) is 0 Å². The van der Waals surface area contributed by atoms with E-state index in [1.165, 1.54) is 19.3 Å². The Labute approximate surface area is 293 Å². The molecule has 254 valence electrons. The summed E-state index contributed by atoms with van der Waals surface area (Å²) in [4.78, 5) is 17.6. The van der Waals surface area contributed by atoms with Gasteiger partial charge in [0.25, 0.3) is 0 Å². The zero-order valence-electron chi connectivity index (χ0n) is 27.8. The fourth-order valence-corrected chi connectivity index (χ4v) is 9.97. The van der Waals surface area contributed by atoms with Gasteiger partial charge in [0.2, 0.25) is 0 Å². The van der Waals surface area contributed by atoms with E-state index in [0.717, 1.165) is 87.6 Å². The second-order valence-corrected chi connectivity index (χ2v) is 15.7. The lowest BCUT2D eigenvalue weighted by molar-refractivity contribution is -0.245. The van der Waals surface area contributed by atoms with Crippen molar-refractivity contribution >= 4 is 17.8 Å². The number of aliphatic hydroxyl groups excluding tert-OH is 1.